The Morgan fingerprint density at radius 2 is 2.14 bits per heavy atom. The Kier molecular flexibility index (Phi) is 4.25. The van der Waals surface area contributed by atoms with E-state index in [1.807, 2.05) is 6.92 Å². The lowest BCUT2D eigenvalue weighted by Gasteiger charge is -2.36. The number of aromatic nitrogens is 2. The summed E-state index contributed by atoms with van der Waals surface area (Å²) in [4.78, 5) is 49.4. The molecule has 1 aromatic rings. The fourth-order valence-corrected chi connectivity index (χ4v) is 2.48. The number of carbonyl (C=O) groups excluding carboxylic acids is 1. The fourth-order valence-electron chi connectivity index (χ4n) is 2.48. The number of hydrogen-bond acceptors (Lipinski definition) is 4. The van der Waals surface area contributed by atoms with Gasteiger partial charge in [0.05, 0.1) is 0 Å². The molecule has 0 bridgehead atoms. The fraction of sp³-hybridized carbons (Fsp3) is 0.538. The van der Waals surface area contributed by atoms with Gasteiger partial charge >= 0.3 is 11.7 Å². The number of aliphatic carboxylic acids is 1. The average Bonchev–Trinajstić information content (AvgIpc) is 2.41. The molecule has 0 radical (unpaired) electrons. The Bertz CT molecular complexity index is 662. The van der Waals surface area contributed by atoms with Crippen LogP contribution in [0, 0.1) is 5.92 Å². The van der Waals surface area contributed by atoms with Crippen molar-refractivity contribution >= 4 is 11.9 Å². The Morgan fingerprint density at radius 1 is 1.43 bits per heavy atom. The van der Waals surface area contributed by atoms with Crippen molar-refractivity contribution in [3.8, 4) is 0 Å². The van der Waals surface area contributed by atoms with E-state index in [1.165, 1.54) is 11.1 Å². The summed E-state index contributed by atoms with van der Waals surface area (Å²) >= 11 is 0. The molecule has 21 heavy (non-hydrogen) atoms. The first-order valence-corrected chi connectivity index (χ1v) is 6.70. The number of aromatic amines is 1. The SMILES string of the molecule is CC1CCN(C(=O)Cn2ccc(=O)[nH]c2=O)C(C(=O)O)C1. The van der Waals surface area contributed by atoms with Crippen molar-refractivity contribution < 1.29 is 14.7 Å². The van der Waals surface area contributed by atoms with Crippen molar-refractivity contribution in [1.29, 1.82) is 0 Å². The van der Waals surface area contributed by atoms with Gasteiger partial charge in [-0.3, -0.25) is 19.1 Å². The molecule has 8 heteroatoms. The minimum Gasteiger partial charge on any atom is -0.480 e. The maximum absolute atomic E-state index is 12.2. The van der Waals surface area contributed by atoms with Crippen LogP contribution >= 0.6 is 0 Å². The van der Waals surface area contributed by atoms with Gasteiger partial charge in [-0.15, -0.1) is 0 Å². The van der Waals surface area contributed by atoms with E-state index in [1.54, 1.807) is 0 Å². The van der Waals surface area contributed by atoms with Gasteiger partial charge in [0, 0.05) is 18.8 Å². The molecular weight excluding hydrogens is 278 g/mol. The van der Waals surface area contributed by atoms with Gasteiger partial charge in [-0.2, -0.15) is 0 Å². The molecule has 114 valence electrons. The minimum atomic E-state index is -1.04. The number of carboxylic acid groups (broad SMARTS) is 1. The number of carbonyl (C=O) groups is 2. The van der Waals surface area contributed by atoms with E-state index in [9.17, 15) is 24.3 Å². The Labute approximate surface area is 120 Å². The molecule has 2 heterocycles. The molecule has 1 aliphatic rings. The van der Waals surface area contributed by atoms with Gasteiger partial charge in [-0.25, -0.2) is 9.59 Å². The van der Waals surface area contributed by atoms with Crippen LogP contribution in [0.25, 0.3) is 0 Å². The van der Waals surface area contributed by atoms with E-state index in [4.69, 9.17) is 0 Å². The molecule has 8 nitrogen and oxygen atoms in total. The first-order chi connectivity index (χ1) is 9.88. The first kappa shape index (κ1) is 15.0. The van der Waals surface area contributed by atoms with Crippen molar-refractivity contribution in [2.45, 2.75) is 32.4 Å². The van der Waals surface area contributed by atoms with Gasteiger partial charge in [-0.05, 0) is 18.8 Å². The number of piperidine rings is 1. The predicted octanol–water partition coefficient (Wildman–Crippen LogP) is -0.752. The zero-order valence-electron chi connectivity index (χ0n) is 11.6. The van der Waals surface area contributed by atoms with Crippen LogP contribution < -0.4 is 11.2 Å². The van der Waals surface area contributed by atoms with E-state index in [0.717, 1.165) is 17.1 Å². The number of rotatable bonds is 3. The maximum Gasteiger partial charge on any atom is 0.328 e. The summed E-state index contributed by atoms with van der Waals surface area (Å²) in [5.41, 5.74) is -1.23. The highest BCUT2D eigenvalue weighted by molar-refractivity contribution is 5.83. The lowest BCUT2D eigenvalue weighted by molar-refractivity contribution is -0.153. The third kappa shape index (κ3) is 3.39. The second-order valence-electron chi connectivity index (χ2n) is 5.31. The van der Waals surface area contributed by atoms with Crippen LogP contribution in [0.4, 0.5) is 0 Å². The quantitative estimate of drug-likeness (QED) is 0.761. The normalized spacial score (nSPS) is 22.0. The molecule has 1 saturated heterocycles. The van der Waals surface area contributed by atoms with Crippen molar-refractivity contribution in [1.82, 2.24) is 14.5 Å². The molecule has 2 atom stereocenters. The Balaban J connectivity index is 2.16. The van der Waals surface area contributed by atoms with Crippen LogP contribution in [0.5, 0.6) is 0 Å². The molecule has 1 aliphatic heterocycles. The van der Waals surface area contributed by atoms with Crippen LogP contribution in [-0.4, -0.2) is 44.0 Å². The van der Waals surface area contributed by atoms with Crippen molar-refractivity contribution in [2.24, 2.45) is 5.92 Å². The molecule has 0 spiro atoms. The standard InChI is InChI=1S/C13H17N3O5/c1-8-2-5-16(9(6-8)12(19)20)11(18)7-15-4-3-10(17)14-13(15)21/h3-4,8-9H,2,5-7H2,1H3,(H,19,20)(H,14,17,21). The van der Waals surface area contributed by atoms with Crippen molar-refractivity contribution in [3.05, 3.63) is 33.1 Å². The van der Waals surface area contributed by atoms with Gasteiger partial charge in [0.15, 0.2) is 0 Å². The van der Waals surface area contributed by atoms with Gasteiger partial charge in [0.2, 0.25) is 5.91 Å². The number of H-pyrrole nitrogens is 1. The summed E-state index contributed by atoms with van der Waals surface area (Å²) in [6.45, 7) is 2.02. The molecule has 1 aromatic heterocycles. The maximum atomic E-state index is 12.2. The monoisotopic (exact) mass is 295 g/mol. The number of nitrogens with one attached hydrogen (secondary N) is 1. The number of nitrogens with zero attached hydrogens (tertiary/aromatic N) is 2. The molecule has 1 fully saturated rings. The molecule has 0 saturated carbocycles. The summed E-state index contributed by atoms with van der Waals surface area (Å²) in [5, 5.41) is 9.22. The number of likely N-dealkylation sites (tertiary alicyclic amines) is 1. The number of carboxylic acids is 1. The predicted molar refractivity (Wildman–Crippen MR) is 72.9 cm³/mol. The summed E-state index contributed by atoms with van der Waals surface area (Å²) in [5.74, 6) is -1.24. The highest BCUT2D eigenvalue weighted by Gasteiger charge is 2.34. The molecular formula is C13H17N3O5. The number of hydrogen-bond donors (Lipinski definition) is 2. The lowest BCUT2D eigenvalue weighted by atomic mass is 9.92. The summed E-state index contributed by atoms with van der Waals surface area (Å²) in [6, 6.07) is 0.279. The average molecular weight is 295 g/mol. The highest BCUT2D eigenvalue weighted by atomic mass is 16.4. The van der Waals surface area contributed by atoms with Gasteiger partial charge in [0.1, 0.15) is 12.6 Å². The summed E-state index contributed by atoms with van der Waals surface area (Å²) in [6.07, 6.45) is 2.36. The third-order valence-corrected chi connectivity index (χ3v) is 3.67. The summed E-state index contributed by atoms with van der Waals surface area (Å²) < 4.78 is 1.06. The van der Waals surface area contributed by atoms with E-state index >= 15 is 0 Å². The Hall–Kier alpha value is -2.38. The minimum absolute atomic E-state index is 0.242. The van der Waals surface area contributed by atoms with Crippen molar-refractivity contribution in [2.75, 3.05) is 6.54 Å². The zero-order valence-corrected chi connectivity index (χ0v) is 11.6. The lowest BCUT2D eigenvalue weighted by Crippen LogP contribution is -2.51. The molecule has 0 aliphatic carbocycles. The highest BCUT2D eigenvalue weighted by Crippen LogP contribution is 2.22. The molecule has 2 rings (SSSR count). The summed E-state index contributed by atoms with van der Waals surface area (Å²) in [7, 11) is 0. The molecule has 2 N–H and O–H groups in total. The second kappa shape index (κ2) is 5.94. The van der Waals surface area contributed by atoms with Crippen molar-refractivity contribution in [3.63, 3.8) is 0 Å². The molecule has 2 unspecified atom stereocenters. The van der Waals surface area contributed by atoms with Crippen LogP contribution in [0.3, 0.4) is 0 Å². The van der Waals surface area contributed by atoms with Gasteiger partial charge in [-0.1, -0.05) is 6.92 Å². The van der Waals surface area contributed by atoms with Crippen LogP contribution in [0.2, 0.25) is 0 Å². The van der Waals surface area contributed by atoms with E-state index in [0.29, 0.717) is 13.0 Å². The largest absolute Gasteiger partial charge is 0.480 e. The molecule has 1 amide bonds. The van der Waals surface area contributed by atoms with Crippen LogP contribution in [0.15, 0.2) is 21.9 Å². The van der Waals surface area contributed by atoms with Gasteiger partial charge < -0.3 is 10.0 Å². The number of amides is 1. The van der Waals surface area contributed by atoms with Gasteiger partial charge in [0.25, 0.3) is 5.56 Å². The Morgan fingerprint density at radius 3 is 2.76 bits per heavy atom. The third-order valence-electron chi connectivity index (χ3n) is 3.67. The van der Waals surface area contributed by atoms with E-state index in [2.05, 4.69) is 4.98 Å². The van der Waals surface area contributed by atoms with Crippen LogP contribution in [0.1, 0.15) is 19.8 Å². The first-order valence-electron chi connectivity index (χ1n) is 6.70. The van der Waals surface area contributed by atoms with E-state index in [-0.39, 0.29) is 12.5 Å². The zero-order chi connectivity index (χ0) is 15.6. The van der Waals surface area contributed by atoms with Crippen LogP contribution in [-0.2, 0) is 16.1 Å². The topological polar surface area (TPSA) is 112 Å². The molecule has 0 aromatic carbocycles. The smallest absolute Gasteiger partial charge is 0.328 e. The second-order valence-corrected chi connectivity index (χ2v) is 5.31. The van der Waals surface area contributed by atoms with E-state index < -0.39 is 29.2 Å².